The van der Waals surface area contributed by atoms with Gasteiger partial charge in [-0.3, -0.25) is 0 Å². The number of nitrogens with zero attached hydrogens (tertiary/aromatic N) is 7. The number of aromatic nitrogens is 1. The monoisotopic (exact) mass is 609 g/mol. The van der Waals surface area contributed by atoms with Crippen molar-refractivity contribution < 1.29 is 9.59 Å². The number of hydrogen-bond acceptors (Lipinski definition) is 9. The summed E-state index contributed by atoms with van der Waals surface area (Å²) in [6, 6.07) is 36.6. The van der Waals surface area contributed by atoms with Crippen LogP contribution in [0.2, 0.25) is 0 Å². The van der Waals surface area contributed by atoms with Crippen molar-refractivity contribution in [1.82, 2.24) is 15.8 Å². The fraction of sp³-hybridized carbons (Fsp3) is 0. The molecule has 0 atom stereocenters. The minimum absolute atomic E-state index is 0.464. The molecule has 0 aliphatic rings. The molecule has 0 saturated heterocycles. The Balaban J connectivity index is 1.04. The van der Waals surface area contributed by atoms with Crippen molar-refractivity contribution in [3.05, 3.63) is 139 Å². The van der Waals surface area contributed by atoms with Crippen molar-refractivity contribution in [2.75, 3.05) is 10.6 Å². The van der Waals surface area contributed by atoms with E-state index in [1.807, 2.05) is 60.7 Å². The van der Waals surface area contributed by atoms with E-state index in [0.29, 0.717) is 34.1 Å². The standard InChI is InChI=1S/C33H27N11O2/c45-32(37-24-14-18-28(19-15-24)41-39-26-8-3-1-4-9-26)43-34-22-30-12-7-13-31(36-30)23-35-44-33(46)38-25-16-20-29(21-17-25)42-40-27-10-5-2-6-11-27/h1-23H,(H2,37,43,45)(H2,38,44,46)/b34-22+,35-23+,41-39?,42-40?. The third-order valence-electron chi connectivity index (χ3n) is 5.84. The highest BCUT2D eigenvalue weighted by atomic mass is 16.2. The summed E-state index contributed by atoms with van der Waals surface area (Å²) in [6.45, 7) is 0. The first-order valence-corrected chi connectivity index (χ1v) is 13.9. The predicted molar refractivity (Wildman–Crippen MR) is 178 cm³/mol. The Hall–Kier alpha value is -6.89. The van der Waals surface area contributed by atoms with E-state index < -0.39 is 12.1 Å². The van der Waals surface area contributed by atoms with Gasteiger partial charge in [0, 0.05) is 11.4 Å². The highest BCUT2D eigenvalue weighted by Gasteiger charge is 2.02. The van der Waals surface area contributed by atoms with Gasteiger partial charge in [-0.05, 0) is 84.9 Å². The van der Waals surface area contributed by atoms with E-state index in [1.165, 1.54) is 12.4 Å². The Kier molecular flexibility index (Phi) is 10.7. The van der Waals surface area contributed by atoms with Gasteiger partial charge in [0.05, 0.1) is 46.6 Å². The molecule has 1 aromatic heterocycles. The summed E-state index contributed by atoms with van der Waals surface area (Å²) in [6.07, 6.45) is 2.76. The number of nitrogens with one attached hydrogen (secondary N) is 4. The van der Waals surface area contributed by atoms with Crippen molar-refractivity contribution in [1.29, 1.82) is 0 Å². The van der Waals surface area contributed by atoms with Gasteiger partial charge in [0.25, 0.3) is 0 Å². The Morgan fingerprint density at radius 2 is 0.826 bits per heavy atom. The first-order valence-electron chi connectivity index (χ1n) is 13.9. The first kappa shape index (κ1) is 30.6. The molecule has 0 unspecified atom stereocenters. The molecule has 226 valence electrons. The van der Waals surface area contributed by atoms with Crippen LogP contribution >= 0.6 is 0 Å². The van der Waals surface area contributed by atoms with Crippen LogP contribution in [-0.4, -0.2) is 29.5 Å². The molecular weight excluding hydrogens is 582 g/mol. The molecule has 0 aliphatic heterocycles. The van der Waals surface area contributed by atoms with E-state index in [4.69, 9.17) is 0 Å². The molecule has 0 saturated carbocycles. The highest BCUT2D eigenvalue weighted by molar-refractivity contribution is 5.91. The van der Waals surface area contributed by atoms with E-state index in [9.17, 15) is 9.59 Å². The third kappa shape index (κ3) is 10.1. The molecule has 1 heterocycles. The van der Waals surface area contributed by atoms with E-state index in [-0.39, 0.29) is 0 Å². The number of carbonyl (C=O) groups is 2. The van der Waals surface area contributed by atoms with Crippen molar-refractivity contribution in [3.8, 4) is 0 Å². The van der Waals surface area contributed by atoms with Crippen LogP contribution in [0.1, 0.15) is 11.4 Å². The van der Waals surface area contributed by atoms with Crippen LogP contribution in [0.4, 0.5) is 43.7 Å². The van der Waals surface area contributed by atoms with Gasteiger partial charge in [0.15, 0.2) is 0 Å². The van der Waals surface area contributed by atoms with Crippen LogP contribution in [0.25, 0.3) is 0 Å². The minimum atomic E-state index is -0.533. The number of urea groups is 2. The van der Waals surface area contributed by atoms with Crippen LogP contribution in [0.3, 0.4) is 0 Å². The summed E-state index contributed by atoms with van der Waals surface area (Å²) in [5, 5.41) is 29.9. The molecule has 0 aliphatic carbocycles. The number of anilines is 2. The zero-order chi connectivity index (χ0) is 31.8. The van der Waals surface area contributed by atoms with E-state index in [0.717, 1.165) is 11.4 Å². The average Bonchev–Trinajstić information content (AvgIpc) is 3.09. The van der Waals surface area contributed by atoms with Crippen molar-refractivity contribution in [2.24, 2.45) is 30.7 Å². The number of pyridine rings is 1. The molecule has 0 fully saturated rings. The highest BCUT2D eigenvalue weighted by Crippen LogP contribution is 2.21. The number of carbonyl (C=O) groups excluding carboxylic acids is 2. The maximum atomic E-state index is 12.2. The molecule has 5 rings (SSSR count). The van der Waals surface area contributed by atoms with Gasteiger partial charge in [-0.1, -0.05) is 42.5 Å². The molecule has 5 aromatic rings. The van der Waals surface area contributed by atoms with Crippen LogP contribution < -0.4 is 21.5 Å². The minimum Gasteiger partial charge on any atom is -0.307 e. The SMILES string of the molecule is O=C(N/N=C/c1cccc(/C=N/NC(=O)Nc2ccc(N=Nc3ccccc3)cc2)n1)Nc1ccc(N=Nc2ccccc2)cc1. The Morgan fingerprint density at radius 3 is 1.22 bits per heavy atom. The number of hydrazone groups is 2. The first-order chi connectivity index (χ1) is 22.6. The normalized spacial score (nSPS) is 11.3. The van der Waals surface area contributed by atoms with Crippen molar-refractivity contribution in [2.45, 2.75) is 0 Å². The van der Waals surface area contributed by atoms with Crippen molar-refractivity contribution >= 4 is 58.6 Å². The Morgan fingerprint density at radius 1 is 0.457 bits per heavy atom. The molecule has 4 N–H and O–H groups in total. The molecule has 13 heteroatoms. The molecule has 0 radical (unpaired) electrons. The number of hydrogen-bond donors (Lipinski definition) is 4. The Labute approximate surface area is 263 Å². The Bertz CT molecular complexity index is 1720. The summed E-state index contributed by atoms with van der Waals surface area (Å²) >= 11 is 0. The van der Waals surface area contributed by atoms with Crippen LogP contribution in [0, 0.1) is 0 Å². The average molecular weight is 610 g/mol. The summed E-state index contributed by atoms with van der Waals surface area (Å²) in [4.78, 5) is 28.8. The molecule has 0 spiro atoms. The summed E-state index contributed by atoms with van der Waals surface area (Å²) in [7, 11) is 0. The van der Waals surface area contributed by atoms with E-state index >= 15 is 0 Å². The molecule has 0 bridgehead atoms. The fourth-order valence-electron chi connectivity index (χ4n) is 3.69. The predicted octanol–water partition coefficient (Wildman–Crippen LogP) is 8.22. The van der Waals surface area contributed by atoms with Gasteiger partial charge in [-0.2, -0.15) is 30.7 Å². The third-order valence-corrected chi connectivity index (χ3v) is 5.84. The number of amides is 4. The maximum absolute atomic E-state index is 12.2. The lowest BCUT2D eigenvalue weighted by Crippen LogP contribution is -2.24. The fourth-order valence-corrected chi connectivity index (χ4v) is 3.69. The van der Waals surface area contributed by atoms with E-state index in [2.05, 4.69) is 57.1 Å². The zero-order valence-corrected chi connectivity index (χ0v) is 24.2. The quantitative estimate of drug-likeness (QED) is 0.0712. The summed E-state index contributed by atoms with van der Waals surface area (Å²) in [5.74, 6) is 0. The van der Waals surface area contributed by atoms with Crippen LogP contribution in [-0.2, 0) is 0 Å². The van der Waals surface area contributed by atoms with Crippen LogP contribution in [0.5, 0.6) is 0 Å². The van der Waals surface area contributed by atoms with Gasteiger partial charge in [0.1, 0.15) is 0 Å². The molecule has 13 nitrogen and oxygen atoms in total. The lowest BCUT2D eigenvalue weighted by molar-refractivity contribution is 0.251. The van der Waals surface area contributed by atoms with Gasteiger partial charge >= 0.3 is 12.1 Å². The number of azo groups is 2. The number of rotatable bonds is 10. The van der Waals surface area contributed by atoms with E-state index in [1.54, 1.807) is 66.7 Å². The molecule has 4 aromatic carbocycles. The summed E-state index contributed by atoms with van der Waals surface area (Å²) in [5.41, 5.74) is 9.60. The largest absolute Gasteiger partial charge is 0.339 e. The molecular formula is C33H27N11O2. The maximum Gasteiger partial charge on any atom is 0.339 e. The topological polar surface area (TPSA) is 169 Å². The molecule has 4 amide bonds. The smallest absolute Gasteiger partial charge is 0.307 e. The van der Waals surface area contributed by atoms with Gasteiger partial charge in [-0.15, -0.1) is 0 Å². The number of benzene rings is 4. The second kappa shape index (κ2) is 16.1. The van der Waals surface area contributed by atoms with Gasteiger partial charge in [0.2, 0.25) is 0 Å². The lowest BCUT2D eigenvalue weighted by atomic mass is 10.3. The zero-order valence-electron chi connectivity index (χ0n) is 24.2. The second-order valence-electron chi connectivity index (χ2n) is 9.30. The van der Waals surface area contributed by atoms with Gasteiger partial charge < -0.3 is 10.6 Å². The van der Waals surface area contributed by atoms with Crippen LogP contribution in [0.15, 0.2) is 158 Å². The molecule has 46 heavy (non-hydrogen) atoms. The van der Waals surface area contributed by atoms with Gasteiger partial charge in [-0.25, -0.2) is 25.4 Å². The lowest BCUT2D eigenvalue weighted by Gasteiger charge is -2.04. The summed E-state index contributed by atoms with van der Waals surface area (Å²) < 4.78 is 0. The second-order valence-corrected chi connectivity index (χ2v) is 9.30. The van der Waals surface area contributed by atoms with Crippen molar-refractivity contribution in [3.63, 3.8) is 0 Å².